The molecule has 0 aliphatic carbocycles. The highest BCUT2D eigenvalue weighted by atomic mass is 32.2. The molecule has 0 radical (unpaired) electrons. The van der Waals surface area contributed by atoms with Gasteiger partial charge in [0.15, 0.2) is 9.84 Å². The van der Waals surface area contributed by atoms with Crippen molar-refractivity contribution in [3.8, 4) is 0 Å². The average Bonchev–Trinajstić information content (AvgIpc) is 2.96. The molecule has 28 heavy (non-hydrogen) atoms. The Hall–Kier alpha value is -2.80. The summed E-state index contributed by atoms with van der Waals surface area (Å²) < 4.78 is 29.1. The number of urea groups is 1. The quantitative estimate of drug-likeness (QED) is 0.652. The average molecular weight is 401 g/mol. The predicted molar refractivity (Wildman–Crippen MR) is 110 cm³/mol. The summed E-state index contributed by atoms with van der Waals surface area (Å²) in [5, 5.41) is 6.74. The highest BCUT2D eigenvalue weighted by molar-refractivity contribution is 7.90. The van der Waals surface area contributed by atoms with Crippen molar-refractivity contribution in [3.05, 3.63) is 59.9 Å². The maximum atomic E-state index is 12.5. The zero-order chi connectivity index (χ0) is 20.5. The van der Waals surface area contributed by atoms with E-state index in [1.54, 1.807) is 12.1 Å². The van der Waals surface area contributed by atoms with Crippen LogP contribution in [0.15, 0.2) is 57.8 Å². The van der Waals surface area contributed by atoms with Crippen LogP contribution in [0.2, 0.25) is 0 Å². The summed E-state index contributed by atoms with van der Waals surface area (Å²) in [6.45, 7) is 6.01. The molecule has 3 rings (SSSR count). The van der Waals surface area contributed by atoms with Crippen LogP contribution in [-0.4, -0.2) is 20.7 Å². The Balaban J connectivity index is 1.79. The molecular weight excluding hydrogens is 376 g/mol. The van der Waals surface area contributed by atoms with Gasteiger partial charge in [-0.1, -0.05) is 32.0 Å². The van der Waals surface area contributed by atoms with Gasteiger partial charge in [-0.15, -0.1) is 0 Å². The maximum Gasteiger partial charge on any atom is 0.319 e. The van der Waals surface area contributed by atoms with Crippen molar-refractivity contribution < 1.29 is 17.6 Å². The van der Waals surface area contributed by atoms with E-state index in [-0.39, 0.29) is 22.9 Å². The Kier molecular flexibility index (Phi) is 5.47. The van der Waals surface area contributed by atoms with Crippen LogP contribution < -0.4 is 10.6 Å². The lowest BCUT2D eigenvalue weighted by molar-refractivity contribution is 0.241. The Morgan fingerprint density at radius 3 is 2.25 bits per heavy atom. The maximum absolute atomic E-state index is 12.5. The number of anilines is 1. The third-order valence-electron chi connectivity index (χ3n) is 4.66. The number of amides is 2. The van der Waals surface area contributed by atoms with Gasteiger partial charge < -0.3 is 15.1 Å². The number of carbonyl (C=O) groups is 1. The normalized spacial score (nSPS) is 12.9. The summed E-state index contributed by atoms with van der Waals surface area (Å²) in [7, 11) is -3.27. The number of carbonyl (C=O) groups excluding carboxylic acids is 1. The molecule has 1 aromatic heterocycles. The van der Waals surface area contributed by atoms with Crippen LogP contribution in [0.5, 0.6) is 0 Å². The summed E-state index contributed by atoms with van der Waals surface area (Å²) >= 11 is 0. The minimum Gasteiger partial charge on any atom is -0.459 e. The van der Waals surface area contributed by atoms with Crippen molar-refractivity contribution in [2.45, 2.75) is 31.7 Å². The van der Waals surface area contributed by atoms with Crippen molar-refractivity contribution in [1.82, 2.24) is 5.32 Å². The fourth-order valence-electron chi connectivity index (χ4n) is 3.12. The number of aryl methyl sites for hydroxylation is 1. The number of hydrogen-bond donors (Lipinski definition) is 2. The van der Waals surface area contributed by atoms with Crippen molar-refractivity contribution in [2.24, 2.45) is 5.92 Å². The van der Waals surface area contributed by atoms with Crippen LogP contribution in [0.4, 0.5) is 10.5 Å². The van der Waals surface area contributed by atoms with Crippen LogP contribution in [-0.2, 0) is 9.84 Å². The van der Waals surface area contributed by atoms with Gasteiger partial charge in [-0.2, -0.15) is 0 Å². The number of rotatable bonds is 5. The fourth-order valence-corrected chi connectivity index (χ4v) is 3.75. The van der Waals surface area contributed by atoms with Crippen molar-refractivity contribution in [1.29, 1.82) is 0 Å². The summed E-state index contributed by atoms with van der Waals surface area (Å²) in [4.78, 5) is 12.7. The van der Waals surface area contributed by atoms with Gasteiger partial charge in [0.25, 0.3) is 0 Å². The number of furan rings is 1. The summed E-state index contributed by atoms with van der Waals surface area (Å²) in [6.07, 6.45) is 1.14. The zero-order valence-corrected chi connectivity index (χ0v) is 17.1. The number of benzene rings is 2. The van der Waals surface area contributed by atoms with Gasteiger partial charge in [0.05, 0.1) is 10.9 Å². The SMILES string of the molecule is Cc1c([C@H](NC(=O)Nc2ccc(S(C)(=O)=O)cc2)C(C)C)oc2ccccc12. The van der Waals surface area contributed by atoms with E-state index < -0.39 is 9.84 Å². The van der Waals surface area contributed by atoms with E-state index >= 15 is 0 Å². The topological polar surface area (TPSA) is 88.4 Å². The molecule has 0 aliphatic heterocycles. The second-order valence-electron chi connectivity index (χ2n) is 7.20. The van der Waals surface area contributed by atoms with Crippen LogP contribution in [0, 0.1) is 12.8 Å². The van der Waals surface area contributed by atoms with E-state index in [0.29, 0.717) is 5.69 Å². The molecule has 0 fully saturated rings. The van der Waals surface area contributed by atoms with Crippen molar-refractivity contribution in [3.63, 3.8) is 0 Å². The molecule has 1 atom stereocenters. The minimum absolute atomic E-state index is 0.109. The Morgan fingerprint density at radius 1 is 1.04 bits per heavy atom. The minimum atomic E-state index is -3.27. The summed E-state index contributed by atoms with van der Waals surface area (Å²) in [6, 6.07) is 13.2. The van der Waals surface area contributed by atoms with E-state index in [1.165, 1.54) is 12.1 Å². The molecule has 3 aromatic rings. The van der Waals surface area contributed by atoms with Gasteiger partial charge in [0.1, 0.15) is 11.3 Å². The van der Waals surface area contributed by atoms with Crippen LogP contribution in [0.25, 0.3) is 11.0 Å². The predicted octanol–water partition coefficient (Wildman–Crippen LogP) is 4.66. The highest BCUT2D eigenvalue weighted by Gasteiger charge is 2.25. The Labute approximate surface area is 164 Å². The third kappa shape index (κ3) is 4.20. The van der Waals surface area contributed by atoms with E-state index in [1.807, 2.05) is 45.0 Å². The second kappa shape index (κ2) is 7.67. The number of hydrogen-bond acceptors (Lipinski definition) is 4. The standard InChI is InChI=1S/C21H24N2O4S/c1-13(2)19(20-14(3)17-7-5-6-8-18(17)27-20)23-21(24)22-15-9-11-16(12-10-15)28(4,25)26/h5-13,19H,1-4H3,(H2,22,23,24)/t19-/m1/s1. The van der Waals surface area contributed by atoms with Gasteiger partial charge in [-0.25, -0.2) is 13.2 Å². The Bertz CT molecular complexity index is 1100. The van der Waals surface area contributed by atoms with Gasteiger partial charge in [0, 0.05) is 22.9 Å². The third-order valence-corrected chi connectivity index (χ3v) is 5.79. The first-order valence-electron chi connectivity index (χ1n) is 9.02. The van der Waals surface area contributed by atoms with Gasteiger partial charge >= 0.3 is 6.03 Å². The number of nitrogens with one attached hydrogen (secondary N) is 2. The fraction of sp³-hybridized carbons (Fsp3) is 0.286. The molecule has 7 heteroatoms. The van der Waals surface area contributed by atoms with E-state index in [4.69, 9.17) is 4.42 Å². The molecule has 0 unspecified atom stereocenters. The molecule has 0 bridgehead atoms. The lowest BCUT2D eigenvalue weighted by atomic mass is 9.98. The van der Waals surface area contributed by atoms with Crippen molar-refractivity contribution >= 4 is 32.5 Å². The second-order valence-corrected chi connectivity index (χ2v) is 9.22. The summed E-state index contributed by atoms with van der Waals surface area (Å²) in [5.74, 6) is 0.844. The van der Waals surface area contributed by atoms with Crippen LogP contribution in [0.3, 0.4) is 0 Å². The molecule has 2 N–H and O–H groups in total. The van der Waals surface area contributed by atoms with Crippen LogP contribution in [0.1, 0.15) is 31.2 Å². The van der Waals surface area contributed by atoms with Crippen molar-refractivity contribution in [2.75, 3.05) is 11.6 Å². The molecule has 0 saturated carbocycles. The highest BCUT2D eigenvalue weighted by Crippen LogP contribution is 2.32. The first kappa shape index (κ1) is 19.9. The first-order valence-corrected chi connectivity index (χ1v) is 10.9. The molecule has 0 spiro atoms. The lowest BCUT2D eigenvalue weighted by Gasteiger charge is -2.21. The monoisotopic (exact) mass is 400 g/mol. The summed E-state index contributed by atoms with van der Waals surface area (Å²) in [5.41, 5.74) is 2.31. The molecule has 2 aromatic carbocycles. The molecule has 0 saturated heterocycles. The first-order chi connectivity index (χ1) is 13.2. The van der Waals surface area contributed by atoms with E-state index in [9.17, 15) is 13.2 Å². The largest absolute Gasteiger partial charge is 0.459 e. The number of sulfone groups is 1. The van der Waals surface area contributed by atoms with E-state index in [2.05, 4.69) is 10.6 Å². The number of fused-ring (bicyclic) bond motifs is 1. The molecule has 148 valence electrons. The molecule has 6 nitrogen and oxygen atoms in total. The smallest absolute Gasteiger partial charge is 0.319 e. The number of para-hydroxylation sites is 1. The van der Waals surface area contributed by atoms with Gasteiger partial charge in [0.2, 0.25) is 0 Å². The van der Waals surface area contributed by atoms with Gasteiger partial charge in [-0.05, 0) is 43.2 Å². The molecule has 1 heterocycles. The van der Waals surface area contributed by atoms with E-state index in [0.717, 1.165) is 28.5 Å². The zero-order valence-electron chi connectivity index (χ0n) is 16.3. The lowest BCUT2D eigenvalue weighted by Crippen LogP contribution is -2.35. The molecule has 0 aliphatic rings. The van der Waals surface area contributed by atoms with Crippen LogP contribution >= 0.6 is 0 Å². The van der Waals surface area contributed by atoms with Gasteiger partial charge in [-0.3, -0.25) is 0 Å². The Morgan fingerprint density at radius 2 is 1.68 bits per heavy atom. The molecular formula is C21H24N2O4S. The molecule has 2 amide bonds.